The van der Waals surface area contributed by atoms with Crippen molar-refractivity contribution in [3.8, 4) is 0 Å². The van der Waals surface area contributed by atoms with Crippen molar-refractivity contribution in [2.24, 2.45) is 7.05 Å². The van der Waals surface area contributed by atoms with Gasteiger partial charge in [-0.2, -0.15) is 5.10 Å². The lowest BCUT2D eigenvalue weighted by atomic mass is 10.2. The van der Waals surface area contributed by atoms with E-state index < -0.39 is 0 Å². The zero-order chi connectivity index (χ0) is 20.0. The number of thioether (sulfide) groups is 1. The Balaban J connectivity index is 1.70. The Hall–Kier alpha value is -1.84. The predicted molar refractivity (Wildman–Crippen MR) is 114 cm³/mol. The Morgan fingerprint density at radius 3 is 3.00 bits per heavy atom. The maximum atomic E-state index is 13.1. The number of rotatable bonds is 2. The van der Waals surface area contributed by atoms with Gasteiger partial charge in [-0.25, -0.2) is 9.67 Å². The first-order valence-corrected chi connectivity index (χ1v) is 10.7. The summed E-state index contributed by atoms with van der Waals surface area (Å²) in [5.41, 5.74) is 0.955. The number of aryl methyl sites for hydroxylation is 1. The van der Waals surface area contributed by atoms with Crippen molar-refractivity contribution in [2.45, 2.75) is 30.0 Å². The van der Waals surface area contributed by atoms with Gasteiger partial charge >= 0.3 is 0 Å². The number of anilines is 1. The van der Waals surface area contributed by atoms with E-state index in [-0.39, 0.29) is 18.0 Å². The van der Waals surface area contributed by atoms with E-state index in [2.05, 4.69) is 32.9 Å². The van der Waals surface area contributed by atoms with Crippen LogP contribution in [0.1, 0.15) is 13.3 Å². The zero-order valence-corrected chi connectivity index (χ0v) is 18.4. The normalized spacial score (nSPS) is 16.9. The summed E-state index contributed by atoms with van der Waals surface area (Å²) in [4.78, 5) is 33.0. The van der Waals surface area contributed by atoms with Crippen LogP contribution in [0.15, 0.2) is 38.8 Å². The summed E-state index contributed by atoms with van der Waals surface area (Å²) < 4.78 is 3.27. The molecule has 0 saturated carbocycles. The number of amides is 1. The maximum absolute atomic E-state index is 13.1. The third-order valence-corrected chi connectivity index (χ3v) is 6.70. The smallest absolute Gasteiger partial charge is 0.266 e. The van der Waals surface area contributed by atoms with Gasteiger partial charge in [-0.3, -0.25) is 14.2 Å². The molecule has 0 saturated heterocycles. The molecule has 0 radical (unpaired) electrons. The summed E-state index contributed by atoms with van der Waals surface area (Å²) in [6, 6.07) is 5.58. The number of carbonyl (C=O) groups excluding carboxylic acids is 1. The molecule has 7 nitrogen and oxygen atoms in total. The average molecular weight is 483 g/mol. The molecule has 1 aliphatic heterocycles. The van der Waals surface area contributed by atoms with E-state index in [0.29, 0.717) is 32.5 Å². The Bertz CT molecular complexity index is 1140. The van der Waals surface area contributed by atoms with Crippen molar-refractivity contribution in [3.63, 3.8) is 0 Å². The van der Waals surface area contributed by atoms with Crippen LogP contribution in [0.25, 0.3) is 11.0 Å². The quantitative estimate of drug-likeness (QED) is 0.559. The Morgan fingerprint density at radius 1 is 1.43 bits per heavy atom. The van der Waals surface area contributed by atoms with Gasteiger partial charge in [-0.05, 0) is 40.5 Å². The van der Waals surface area contributed by atoms with Gasteiger partial charge in [0.2, 0.25) is 5.91 Å². The lowest BCUT2D eigenvalue weighted by molar-refractivity contribution is -0.119. The zero-order valence-electron chi connectivity index (χ0n) is 15.2. The van der Waals surface area contributed by atoms with E-state index in [9.17, 15) is 9.59 Å². The minimum absolute atomic E-state index is 0.103. The molecule has 1 amide bonds. The Morgan fingerprint density at radius 2 is 2.21 bits per heavy atom. The SMILES string of the molecule is CC1CCN(C(=O)Cn2cnc3c(c(Br)nn3C)c2=O)c2cc(Cl)ccc2S1. The molecule has 1 unspecified atom stereocenters. The minimum Gasteiger partial charge on any atom is -0.310 e. The summed E-state index contributed by atoms with van der Waals surface area (Å²) in [6.07, 6.45) is 2.24. The molecule has 3 aromatic rings. The number of hydrogen-bond donors (Lipinski definition) is 0. The molecule has 4 rings (SSSR count). The van der Waals surface area contributed by atoms with Gasteiger partial charge in [0.05, 0.1) is 5.69 Å². The predicted octanol–water partition coefficient (Wildman–Crippen LogP) is 3.46. The van der Waals surface area contributed by atoms with Gasteiger partial charge in [0.1, 0.15) is 22.9 Å². The van der Waals surface area contributed by atoms with Gasteiger partial charge in [0.15, 0.2) is 5.65 Å². The summed E-state index contributed by atoms with van der Waals surface area (Å²) in [5, 5.41) is 5.48. The van der Waals surface area contributed by atoms with E-state index in [0.717, 1.165) is 17.0 Å². The Labute approximate surface area is 178 Å². The van der Waals surface area contributed by atoms with Gasteiger partial charge in [0, 0.05) is 28.8 Å². The first-order valence-electron chi connectivity index (χ1n) is 8.69. The second kappa shape index (κ2) is 7.53. The lowest BCUT2D eigenvalue weighted by Crippen LogP contribution is -2.37. The number of nitrogens with zero attached hydrogens (tertiary/aromatic N) is 5. The van der Waals surface area contributed by atoms with Crippen LogP contribution < -0.4 is 10.5 Å². The van der Waals surface area contributed by atoms with Gasteiger partial charge in [-0.15, -0.1) is 11.8 Å². The standard InChI is InChI=1S/C18H17BrClN5O2S/c1-10-5-6-25(12-7-11(20)3-4-13(12)28-10)14(26)8-24-9-21-17-15(18(24)27)16(19)22-23(17)2/h3-4,7,9-10H,5-6,8H2,1-2H3. The Kier molecular flexibility index (Phi) is 5.24. The van der Waals surface area contributed by atoms with Crippen LogP contribution in [-0.2, 0) is 18.4 Å². The lowest BCUT2D eigenvalue weighted by Gasteiger charge is -2.23. The molecular formula is C18H17BrClN5O2S. The van der Waals surface area contributed by atoms with E-state index in [1.54, 1.807) is 23.7 Å². The van der Waals surface area contributed by atoms with Gasteiger partial charge < -0.3 is 4.90 Å². The van der Waals surface area contributed by atoms with Crippen molar-refractivity contribution < 1.29 is 4.79 Å². The number of hydrogen-bond acceptors (Lipinski definition) is 5. The summed E-state index contributed by atoms with van der Waals surface area (Å²) in [5.74, 6) is -0.179. The topological polar surface area (TPSA) is 73.0 Å². The molecule has 0 aliphatic carbocycles. The van der Waals surface area contributed by atoms with Crippen LogP contribution >= 0.6 is 39.3 Å². The monoisotopic (exact) mass is 481 g/mol. The summed E-state index contributed by atoms with van der Waals surface area (Å²) in [7, 11) is 1.71. The third kappa shape index (κ3) is 3.46. The van der Waals surface area contributed by atoms with E-state index in [4.69, 9.17) is 11.6 Å². The molecular weight excluding hydrogens is 466 g/mol. The van der Waals surface area contributed by atoms with Crippen LogP contribution in [0, 0.1) is 0 Å². The molecule has 28 heavy (non-hydrogen) atoms. The highest BCUT2D eigenvalue weighted by molar-refractivity contribution is 9.10. The summed E-state index contributed by atoms with van der Waals surface area (Å²) in [6.45, 7) is 2.61. The van der Waals surface area contributed by atoms with Crippen molar-refractivity contribution in [3.05, 3.63) is 44.5 Å². The fraction of sp³-hybridized carbons (Fsp3) is 0.333. The van der Waals surface area contributed by atoms with Crippen LogP contribution in [0.2, 0.25) is 5.02 Å². The number of carbonyl (C=O) groups is 1. The van der Waals surface area contributed by atoms with Crippen molar-refractivity contribution in [1.82, 2.24) is 19.3 Å². The first kappa shape index (κ1) is 19.5. The van der Waals surface area contributed by atoms with Crippen molar-refractivity contribution in [2.75, 3.05) is 11.4 Å². The van der Waals surface area contributed by atoms with Gasteiger partial charge in [-0.1, -0.05) is 18.5 Å². The largest absolute Gasteiger partial charge is 0.310 e. The van der Waals surface area contributed by atoms with Gasteiger partial charge in [0.25, 0.3) is 5.56 Å². The van der Waals surface area contributed by atoms with Crippen LogP contribution in [-0.4, -0.2) is 37.0 Å². The average Bonchev–Trinajstić information content (AvgIpc) is 2.83. The van der Waals surface area contributed by atoms with Crippen molar-refractivity contribution in [1.29, 1.82) is 0 Å². The minimum atomic E-state index is -0.304. The highest BCUT2D eigenvalue weighted by Crippen LogP contribution is 2.39. The molecule has 10 heteroatoms. The second-order valence-corrected chi connectivity index (χ2v) is 9.33. The highest BCUT2D eigenvalue weighted by atomic mass is 79.9. The number of halogens is 2. The first-order chi connectivity index (χ1) is 13.3. The fourth-order valence-corrected chi connectivity index (χ4v) is 5.09. The molecule has 0 spiro atoms. The van der Waals surface area contributed by atoms with E-state index >= 15 is 0 Å². The molecule has 2 aromatic heterocycles. The third-order valence-electron chi connectivity index (χ3n) is 4.67. The maximum Gasteiger partial charge on any atom is 0.266 e. The highest BCUT2D eigenvalue weighted by Gasteiger charge is 2.25. The molecule has 1 aliphatic rings. The number of aromatic nitrogens is 4. The molecule has 0 N–H and O–H groups in total. The van der Waals surface area contributed by atoms with Crippen LogP contribution in [0.5, 0.6) is 0 Å². The van der Waals surface area contributed by atoms with E-state index in [1.165, 1.54) is 15.6 Å². The molecule has 1 atom stereocenters. The molecule has 0 fully saturated rings. The molecule has 1 aromatic carbocycles. The van der Waals surface area contributed by atoms with Crippen LogP contribution in [0.3, 0.4) is 0 Å². The van der Waals surface area contributed by atoms with Crippen LogP contribution in [0.4, 0.5) is 5.69 Å². The number of benzene rings is 1. The molecule has 0 bridgehead atoms. The van der Waals surface area contributed by atoms with Crippen molar-refractivity contribution >= 4 is 61.9 Å². The van der Waals surface area contributed by atoms with E-state index in [1.807, 2.05) is 18.2 Å². The molecule has 146 valence electrons. The second-order valence-electron chi connectivity index (χ2n) is 6.67. The summed E-state index contributed by atoms with van der Waals surface area (Å²) >= 11 is 11.2. The molecule has 3 heterocycles. The fourth-order valence-electron chi connectivity index (χ4n) is 3.25. The number of fused-ring (bicyclic) bond motifs is 2.